The van der Waals surface area contributed by atoms with Crippen molar-refractivity contribution in [3.05, 3.63) is 60.2 Å². The van der Waals surface area contributed by atoms with Crippen molar-refractivity contribution in [2.75, 3.05) is 0 Å². The lowest BCUT2D eigenvalue weighted by Crippen LogP contribution is -2.10. The van der Waals surface area contributed by atoms with E-state index in [2.05, 4.69) is 0 Å². The third-order valence-corrected chi connectivity index (χ3v) is 4.02. The van der Waals surface area contributed by atoms with Gasteiger partial charge in [-0.1, -0.05) is 30.3 Å². The van der Waals surface area contributed by atoms with Gasteiger partial charge in [0.25, 0.3) is 0 Å². The zero-order valence-electron chi connectivity index (χ0n) is 12.0. The van der Waals surface area contributed by atoms with E-state index in [1.807, 2.05) is 0 Å². The topological polar surface area (TPSA) is 93.5 Å². The van der Waals surface area contributed by atoms with Crippen LogP contribution in [0.15, 0.2) is 59.5 Å². The van der Waals surface area contributed by atoms with Crippen molar-refractivity contribution in [2.24, 2.45) is 0 Å². The molecule has 23 heavy (non-hydrogen) atoms. The highest BCUT2D eigenvalue weighted by Crippen LogP contribution is 2.20. The maximum absolute atomic E-state index is 12.1. The number of carbonyl (C=O) groups is 1. The van der Waals surface area contributed by atoms with Crippen LogP contribution in [0.2, 0.25) is 0 Å². The van der Waals surface area contributed by atoms with Gasteiger partial charge in [-0.2, -0.15) is 13.7 Å². The third-order valence-electron chi connectivity index (χ3n) is 2.76. The summed E-state index contributed by atoms with van der Waals surface area (Å²) >= 11 is 0. The Morgan fingerprint density at radius 2 is 1.83 bits per heavy atom. The Morgan fingerprint density at radius 1 is 1.09 bits per heavy atom. The summed E-state index contributed by atoms with van der Waals surface area (Å²) in [4.78, 5) is 11.2. The van der Waals surface area contributed by atoms with E-state index >= 15 is 0 Å². The Kier molecular flexibility index (Phi) is 5.33. The van der Waals surface area contributed by atoms with E-state index in [1.165, 1.54) is 24.3 Å². The Morgan fingerprint density at radius 3 is 2.52 bits per heavy atom. The number of rotatable bonds is 6. The lowest BCUT2D eigenvalue weighted by molar-refractivity contribution is -0.143. The van der Waals surface area contributed by atoms with Crippen molar-refractivity contribution >= 4 is 16.1 Å². The van der Waals surface area contributed by atoms with Gasteiger partial charge in [-0.05, 0) is 29.8 Å². The molecule has 2 aromatic rings. The van der Waals surface area contributed by atoms with Gasteiger partial charge in [-0.3, -0.25) is 4.79 Å². The largest absolute Gasteiger partial charge is 0.460 e. The first kappa shape index (κ1) is 16.5. The number of hydrogen-bond acceptors (Lipinski definition) is 6. The molecule has 0 fully saturated rings. The van der Waals surface area contributed by atoms with Crippen LogP contribution < -0.4 is 4.18 Å². The molecule has 0 spiro atoms. The highest BCUT2D eigenvalue weighted by molar-refractivity contribution is 7.87. The van der Waals surface area contributed by atoms with Crippen LogP contribution >= 0.6 is 0 Å². The van der Waals surface area contributed by atoms with Crippen LogP contribution in [0.1, 0.15) is 12.0 Å². The molecule has 0 saturated carbocycles. The minimum Gasteiger partial charge on any atom is -0.460 e. The standard InChI is InChI=1S/C16H13NO5S/c17-10-9-16(18)21-12-13-5-4-6-14(11-13)22-23(19,20)15-7-2-1-3-8-15/h1-8,11H,9,12H2. The van der Waals surface area contributed by atoms with E-state index in [9.17, 15) is 13.2 Å². The molecule has 0 heterocycles. The van der Waals surface area contributed by atoms with Gasteiger partial charge in [0, 0.05) is 0 Å². The zero-order chi connectivity index (χ0) is 16.7. The van der Waals surface area contributed by atoms with Crippen LogP contribution in [0.4, 0.5) is 0 Å². The van der Waals surface area contributed by atoms with Gasteiger partial charge >= 0.3 is 16.1 Å². The van der Waals surface area contributed by atoms with Gasteiger partial charge in [0.1, 0.15) is 23.7 Å². The Hall–Kier alpha value is -2.85. The number of benzene rings is 2. The molecule has 0 amide bonds. The van der Waals surface area contributed by atoms with Gasteiger partial charge in [0.05, 0.1) is 6.07 Å². The minimum absolute atomic E-state index is 0.0471. The Balaban J connectivity index is 2.08. The molecule has 0 atom stereocenters. The van der Waals surface area contributed by atoms with Crippen LogP contribution in [0.5, 0.6) is 5.75 Å². The summed E-state index contributed by atoms with van der Waals surface area (Å²) in [5.41, 5.74) is 0.553. The molecule has 0 saturated heterocycles. The summed E-state index contributed by atoms with van der Waals surface area (Å²) in [6, 6.07) is 15.6. The minimum atomic E-state index is -3.92. The highest BCUT2D eigenvalue weighted by atomic mass is 32.2. The second-order valence-electron chi connectivity index (χ2n) is 4.49. The smallest absolute Gasteiger partial charge is 0.339 e. The van der Waals surface area contributed by atoms with Crippen molar-refractivity contribution in [2.45, 2.75) is 17.9 Å². The molecule has 0 aliphatic carbocycles. The number of ether oxygens (including phenoxy) is 1. The SMILES string of the molecule is N#CCC(=O)OCc1cccc(OS(=O)(=O)c2ccccc2)c1. The molecular formula is C16H13NO5S. The van der Waals surface area contributed by atoms with Crippen LogP contribution in [-0.2, 0) is 26.3 Å². The highest BCUT2D eigenvalue weighted by Gasteiger charge is 2.16. The Labute approximate surface area is 134 Å². The quantitative estimate of drug-likeness (QED) is 0.596. The normalized spacial score (nSPS) is 10.6. The average Bonchev–Trinajstić information content (AvgIpc) is 2.54. The van der Waals surface area contributed by atoms with Gasteiger partial charge < -0.3 is 8.92 Å². The van der Waals surface area contributed by atoms with Crippen LogP contribution in [0.25, 0.3) is 0 Å². The second kappa shape index (κ2) is 7.42. The first-order chi connectivity index (χ1) is 11.0. The monoisotopic (exact) mass is 331 g/mol. The molecule has 0 aliphatic heterocycles. The molecule has 7 heteroatoms. The maximum Gasteiger partial charge on any atom is 0.339 e. The summed E-state index contributed by atoms with van der Waals surface area (Å²) in [5, 5.41) is 8.38. The van der Waals surface area contributed by atoms with Gasteiger partial charge in [-0.25, -0.2) is 0 Å². The average molecular weight is 331 g/mol. The van der Waals surface area contributed by atoms with Gasteiger partial charge in [0.15, 0.2) is 0 Å². The molecule has 0 bridgehead atoms. The molecule has 118 valence electrons. The molecule has 0 aliphatic rings. The molecule has 0 N–H and O–H groups in total. The molecular weight excluding hydrogens is 318 g/mol. The summed E-state index contributed by atoms with van der Waals surface area (Å²) in [7, 11) is -3.92. The summed E-state index contributed by atoms with van der Waals surface area (Å²) < 4.78 is 34.2. The van der Waals surface area contributed by atoms with Crippen LogP contribution in [0.3, 0.4) is 0 Å². The molecule has 0 aromatic heterocycles. The van der Waals surface area contributed by atoms with E-state index in [-0.39, 0.29) is 23.7 Å². The van der Waals surface area contributed by atoms with E-state index in [0.29, 0.717) is 5.56 Å². The number of nitriles is 1. The fourth-order valence-corrected chi connectivity index (χ4v) is 2.67. The fraction of sp³-hybridized carbons (Fsp3) is 0.125. The molecule has 2 aromatic carbocycles. The summed E-state index contributed by atoms with van der Waals surface area (Å²) in [6.07, 6.45) is -0.335. The summed E-state index contributed by atoms with van der Waals surface area (Å²) in [6.45, 7) is -0.0664. The second-order valence-corrected chi connectivity index (χ2v) is 6.04. The van der Waals surface area contributed by atoms with Crippen molar-refractivity contribution in [3.63, 3.8) is 0 Å². The fourth-order valence-electron chi connectivity index (χ4n) is 1.73. The first-order valence-corrected chi connectivity index (χ1v) is 8.03. The molecule has 0 unspecified atom stereocenters. The number of carbonyl (C=O) groups excluding carboxylic acids is 1. The Bertz CT molecular complexity index is 825. The van der Waals surface area contributed by atoms with Crippen molar-refractivity contribution in [3.8, 4) is 11.8 Å². The predicted molar refractivity (Wildman–Crippen MR) is 80.7 cm³/mol. The van der Waals surface area contributed by atoms with Gasteiger partial charge in [-0.15, -0.1) is 0 Å². The predicted octanol–water partition coefficient (Wildman–Crippen LogP) is 2.41. The van der Waals surface area contributed by atoms with Crippen LogP contribution in [-0.4, -0.2) is 14.4 Å². The third kappa shape index (κ3) is 4.83. The van der Waals surface area contributed by atoms with E-state index in [0.717, 1.165) is 0 Å². The lowest BCUT2D eigenvalue weighted by atomic mass is 10.2. The zero-order valence-corrected chi connectivity index (χ0v) is 12.8. The lowest BCUT2D eigenvalue weighted by Gasteiger charge is -2.08. The van der Waals surface area contributed by atoms with E-state index in [1.54, 1.807) is 36.4 Å². The number of nitrogens with zero attached hydrogens (tertiary/aromatic N) is 1. The number of hydrogen-bond donors (Lipinski definition) is 0. The van der Waals surface area contributed by atoms with Crippen molar-refractivity contribution < 1.29 is 22.1 Å². The van der Waals surface area contributed by atoms with Crippen LogP contribution in [0, 0.1) is 11.3 Å². The summed E-state index contributed by atoms with van der Waals surface area (Å²) in [5.74, 6) is -0.529. The van der Waals surface area contributed by atoms with Crippen molar-refractivity contribution in [1.29, 1.82) is 5.26 Å². The maximum atomic E-state index is 12.1. The van der Waals surface area contributed by atoms with Crippen molar-refractivity contribution in [1.82, 2.24) is 0 Å². The number of esters is 1. The van der Waals surface area contributed by atoms with Gasteiger partial charge in [0.2, 0.25) is 0 Å². The molecule has 0 radical (unpaired) electrons. The van der Waals surface area contributed by atoms with E-state index < -0.39 is 16.1 Å². The first-order valence-electron chi connectivity index (χ1n) is 6.62. The molecule has 2 rings (SSSR count). The van der Waals surface area contributed by atoms with E-state index in [4.69, 9.17) is 14.2 Å². The molecule has 6 nitrogen and oxygen atoms in total.